The van der Waals surface area contributed by atoms with Crippen LogP contribution in [0.4, 0.5) is 11.4 Å². The van der Waals surface area contributed by atoms with Crippen molar-refractivity contribution in [2.75, 3.05) is 39.6 Å². The first-order valence-electron chi connectivity index (χ1n) is 8.33. The second kappa shape index (κ2) is 9.53. The fourth-order valence-corrected chi connectivity index (χ4v) is 2.31. The van der Waals surface area contributed by atoms with Crippen LogP contribution in [0.5, 0.6) is 0 Å². The van der Waals surface area contributed by atoms with E-state index in [0.717, 1.165) is 18.7 Å². The molecule has 0 bridgehead atoms. The molecule has 2 N–H and O–H groups in total. The Kier molecular flexibility index (Phi) is 7.11. The fraction of sp³-hybridized carbons (Fsp3) is 0.316. The SMILES string of the molecule is COC(=O)c1ccc(Nc2cncc(C(=O)NCCCN(C)C)c2)cc1. The second-order valence-corrected chi connectivity index (χ2v) is 6.07. The second-order valence-electron chi connectivity index (χ2n) is 6.07. The number of amides is 1. The van der Waals surface area contributed by atoms with Gasteiger partial charge in [-0.1, -0.05) is 0 Å². The lowest BCUT2D eigenvalue weighted by atomic mass is 10.2. The van der Waals surface area contributed by atoms with Crippen LogP contribution < -0.4 is 10.6 Å². The van der Waals surface area contributed by atoms with Crippen molar-refractivity contribution >= 4 is 23.3 Å². The van der Waals surface area contributed by atoms with Crippen molar-refractivity contribution in [1.29, 1.82) is 0 Å². The number of benzene rings is 1. The van der Waals surface area contributed by atoms with Crippen molar-refractivity contribution in [3.05, 3.63) is 53.9 Å². The number of hydrogen-bond donors (Lipinski definition) is 2. The number of anilines is 2. The summed E-state index contributed by atoms with van der Waals surface area (Å²) in [5, 5.41) is 6.05. The Morgan fingerprint density at radius 3 is 2.46 bits per heavy atom. The summed E-state index contributed by atoms with van der Waals surface area (Å²) in [6, 6.07) is 8.61. The molecule has 0 atom stereocenters. The number of hydrogen-bond acceptors (Lipinski definition) is 6. The molecular formula is C19H24N4O3. The van der Waals surface area contributed by atoms with Crippen molar-refractivity contribution in [1.82, 2.24) is 15.2 Å². The summed E-state index contributed by atoms with van der Waals surface area (Å²) in [5.74, 6) is -0.535. The quantitative estimate of drug-likeness (QED) is 0.558. The monoisotopic (exact) mass is 356 g/mol. The normalized spacial score (nSPS) is 10.5. The Labute approximate surface area is 153 Å². The number of carbonyl (C=O) groups excluding carboxylic acids is 2. The zero-order valence-electron chi connectivity index (χ0n) is 15.3. The number of carbonyl (C=O) groups is 2. The summed E-state index contributed by atoms with van der Waals surface area (Å²) in [4.78, 5) is 29.8. The topological polar surface area (TPSA) is 83.6 Å². The molecule has 138 valence electrons. The average Bonchev–Trinajstić information content (AvgIpc) is 2.65. The lowest BCUT2D eigenvalue weighted by Crippen LogP contribution is -2.27. The first kappa shape index (κ1) is 19.4. The Balaban J connectivity index is 1.96. The minimum absolute atomic E-state index is 0.152. The summed E-state index contributed by atoms with van der Waals surface area (Å²) in [6.45, 7) is 1.53. The minimum atomic E-state index is -0.383. The lowest BCUT2D eigenvalue weighted by molar-refractivity contribution is 0.0600. The van der Waals surface area contributed by atoms with Crippen molar-refractivity contribution in [2.24, 2.45) is 0 Å². The van der Waals surface area contributed by atoms with Crippen LogP contribution in [0.2, 0.25) is 0 Å². The van der Waals surface area contributed by atoms with Gasteiger partial charge in [0, 0.05) is 18.4 Å². The largest absolute Gasteiger partial charge is 0.465 e. The van der Waals surface area contributed by atoms with Gasteiger partial charge in [0.1, 0.15) is 0 Å². The third-order valence-corrected chi connectivity index (χ3v) is 3.66. The number of aromatic nitrogens is 1. The predicted octanol–water partition coefficient (Wildman–Crippen LogP) is 2.29. The molecule has 0 saturated heterocycles. The highest BCUT2D eigenvalue weighted by Crippen LogP contribution is 2.17. The predicted molar refractivity (Wildman–Crippen MR) is 101 cm³/mol. The molecule has 0 aliphatic heterocycles. The van der Waals surface area contributed by atoms with Crippen molar-refractivity contribution in [2.45, 2.75) is 6.42 Å². The molecule has 1 amide bonds. The van der Waals surface area contributed by atoms with Gasteiger partial charge in [-0.2, -0.15) is 0 Å². The molecule has 0 radical (unpaired) electrons. The van der Waals surface area contributed by atoms with Crippen molar-refractivity contribution in [3.63, 3.8) is 0 Å². The maximum Gasteiger partial charge on any atom is 0.337 e. The zero-order chi connectivity index (χ0) is 18.9. The molecule has 1 heterocycles. The van der Waals surface area contributed by atoms with E-state index < -0.39 is 0 Å². The first-order chi connectivity index (χ1) is 12.5. The number of rotatable bonds is 8. The van der Waals surface area contributed by atoms with Gasteiger partial charge in [0.2, 0.25) is 0 Å². The fourth-order valence-electron chi connectivity index (χ4n) is 2.31. The van der Waals surface area contributed by atoms with E-state index in [2.05, 4.69) is 25.3 Å². The maximum absolute atomic E-state index is 12.2. The van der Waals surface area contributed by atoms with E-state index in [4.69, 9.17) is 0 Å². The first-order valence-corrected chi connectivity index (χ1v) is 8.33. The molecule has 0 spiro atoms. The van der Waals surface area contributed by atoms with Crippen LogP contribution in [0.15, 0.2) is 42.7 Å². The Hall–Kier alpha value is -2.93. The minimum Gasteiger partial charge on any atom is -0.465 e. The van der Waals surface area contributed by atoms with Gasteiger partial charge in [-0.3, -0.25) is 9.78 Å². The highest BCUT2D eigenvalue weighted by Gasteiger charge is 2.08. The third-order valence-electron chi connectivity index (χ3n) is 3.66. The van der Waals surface area contributed by atoms with Crippen LogP contribution in [-0.4, -0.2) is 56.1 Å². The molecular weight excluding hydrogens is 332 g/mol. The number of nitrogens with one attached hydrogen (secondary N) is 2. The van der Waals surface area contributed by atoms with Crippen LogP contribution in [0.25, 0.3) is 0 Å². The van der Waals surface area contributed by atoms with Gasteiger partial charge in [0.15, 0.2) is 0 Å². The van der Waals surface area contributed by atoms with Crippen molar-refractivity contribution in [3.8, 4) is 0 Å². The summed E-state index contributed by atoms with van der Waals surface area (Å²) >= 11 is 0. The van der Waals surface area contributed by atoms with Gasteiger partial charge in [-0.05, 0) is 57.4 Å². The molecule has 0 unspecified atom stereocenters. The van der Waals surface area contributed by atoms with Crippen molar-refractivity contribution < 1.29 is 14.3 Å². The summed E-state index contributed by atoms with van der Waals surface area (Å²) in [6.07, 6.45) is 4.06. The van der Waals surface area contributed by atoms with E-state index in [0.29, 0.717) is 23.4 Å². The smallest absolute Gasteiger partial charge is 0.337 e. The van der Waals surface area contributed by atoms with E-state index in [9.17, 15) is 9.59 Å². The van der Waals surface area contributed by atoms with Gasteiger partial charge in [0.25, 0.3) is 5.91 Å². The molecule has 2 rings (SSSR count). The molecule has 7 nitrogen and oxygen atoms in total. The van der Waals surface area contributed by atoms with Gasteiger partial charge in [-0.15, -0.1) is 0 Å². The molecule has 7 heteroatoms. The molecule has 1 aromatic heterocycles. The summed E-state index contributed by atoms with van der Waals surface area (Å²) in [7, 11) is 5.34. The number of methoxy groups -OCH3 is 1. The van der Waals surface area contributed by atoms with Crippen LogP contribution in [0, 0.1) is 0 Å². The molecule has 2 aromatic rings. The standard InChI is InChI=1S/C19H24N4O3/c1-23(2)10-4-9-21-18(24)15-11-17(13-20-12-15)22-16-7-5-14(6-8-16)19(25)26-3/h5-8,11-13,22H,4,9-10H2,1-3H3,(H,21,24). The third kappa shape index (κ3) is 5.86. The zero-order valence-corrected chi connectivity index (χ0v) is 15.3. The Morgan fingerprint density at radius 1 is 1.08 bits per heavy atom. The van der Waals surface area contributed by atoms with E-state index in [1.54, 1.807) is 36.5 Å². The Morgan fingerprint density at radius 2 is 1.81 bits per heavy atom. The van der Waals surface area contributed by atoms with E-state index >= 15 is 0 Å². The van der Waals surface area contributed by atoms with E-state index in [1.807, 2.05) is 14.1 Å². The van der Waals surface area contributed by atoms with Gasteiger partial charge in [0.05, 0.1) is 30.1 Å². The number of esters is 1. The molecule has 0 aliphatic carbocycles. The molecule has 1 aromatic carbocycles. The van der Waals surface area contributed by atoms with Crippen LogP contribution in [-0.2, 0) is 4.74 Å². The molecule has 26 heavy (non-hydrogen) atoms. The maximum atomic E-state index is 12.2. The van der Waals surface area contributed by atoms with Crippen LogP contribution in [0.1, 0.15) is 27.1 Å². The lowest BCUT2D eigenvalue weighted by Gasteiger charge is -2.11. The highest BCUT2D eigenvalue weighted by atomic mass is 16.5. The molecule has 0 aliphatic rings. The van der Waals surface area contributed by atoms with Gasteiger partial charge < -0.3 is 20.3 Å². The van der Waals surface area contributed by atoms with Gasteiger partial charge in [-0.25, -0.2) is 4.79 Å². The highest BCUT2D eigenvalue weighted by molar-refractivity contribution is 5.95. The number of nitrogens with zero attached hydrogens (tertiary/aromatic N) is 2. The average molecular weight is 356 g/mol. The van der Waals surface area contributed by atoms with Crippen LogP contribution >= 0.6 is 0 Å². The summed E-state index contributed by atoms with van der Waals surface area (Å²) in [5.41, 5.74) is 2.44. The number of pyridine rings is 1. The van der Waals surface area contributed by atoms with E-state index in [-0.39, 0.29) is 11.9 Å². The van der Waals surface area contributed by atoms with Gasteiger partial charge >= 0.3 is 5.97 Å². The summed E-state index contributed by atoms with van der Waals surface area (Å²) < 4.78 is 4.67. The van der Waals surface area contributed by atoms with Crippen LogP contribution in [0.3, 0.4) is 0 Å². The Bertz CT molecular complexity index is 745. The van der Waals surface area contributed by atoms with E-state index in [1.165, 1.54) is 13.3 Å². The number of ether oxygens (including phenoxy) is 1. The molecule has 0 saturated carbocycles. The molecule has 0 fully saturated rings.